The van der Waals surface area contributed by atoms with Gasteiger partial charge in [-0.05, 0) is 50.2 Å². The Morgan fingerprint density at radius 2 is 1.62 bits per heavy atom. The molecule has 0 aromatic heterocycles. The maximum Gasteiger partial charge on any atom is 0.122 e. The van der Waals surface area contributed by atoms with Gasteiger partial charge in [0.2, 0.25) is 0 Å². The van der Waals surface area contributed by atoms with Crippen LogP contribution >= 0.6 is 0 Å². The van der Waals surface area contributed by atoms with E-state index in [0.29, 0.717) is 13.2 Å². The molecule has 0 fully saturated rings. The van der Waals surface area contributed by atoms with E-state index in [0.717, 1.165) is 23.6 Å². The van der Waals surface area contributed by atoms with E-state index in [1.165, 1.54) is 11.1 Å². The third-order valence-electron chi connectivity index (χ3n) is 3.24. The summed E-state index contributed by atoms with van der Waals surface area (Å²) < 4.78 is 11.4. The predicted molar refractivity (Wildman–Crippen MR) is 86.1 cm³/mol. The van der Waals surface area contributed by atoms with Crippen LogP contribution in [0.4, 0.5) is 0 Å². The van der Waals surface area contributed by atoms with Crippen LogP contribution < -0.4 is 14.8 Å². The summed E-state index contributed by atoms with van der Waals surface area (Å²) >= 11 is 0. The lowest BCUT2D eigenvalue weighted by Gasteiger charge is -2.11. The van der Waals surface area contributed by atoms with Crippen LogP contribution in [0.3, 0.4) is 0 Å². The van der Waals surface area contributed by atoms with Gasteiger partial charge < -0.3 is 14.8 Å². The van der Waals surface area contributed by atoms with Crippen LogP contribution in [-0.2, 0) is 6.54 Å². The number of ether oxygens (including phenoxy) is 2. The Bertz CT molecular complexity index is 564. The third-order valence-corrected chi connectivity index (χ3v) is 3.24. The molecule has 112 valence electrons. The van der Waals surface area contributed by atoms with E-state index in [1.54, 1.807) is 0 Å². The van der Waals surface area contributed by atoms with Crippen molar-refractivity contribution < 1.29 is 9.47 Å². The van der Waals surface area contributed by atoms with Gasteiger partial charge >= 0.3 is 0 Å². The number of hydrogen-bond acceptors (Lipinski definition) is 3. The van der Waals surface area contributed by atoms with Crippen molar-refractivity contribution in [3.63, 3.8) is 0 Å². The van der Waals surface area contributed by atoms with Crippen molar-refractivity contribution in [1.82, 2.24) is 5.32 Å². The van der Waals surface area contributed by atoms with Crippen LogP contribution in [0.25, 0.3) is 0 Å². The molecule has 0 aliphatic rings. The molecule has 0 saturated carbocycles. The molecule has 2 aromatic carbocycles. The fourth-order valence-corrected chi connectivity index (χ4v) is 2.18. The monoisotopic (exact) mass is 285 g/mol. The highest BCUT2D eigenvalue weighted by molar-refractivity contribution is 5.35. The molecular formula is C18H23NO2. The van der Waals surface area contributed by atoms with Crippen molar-refractivity contribution in [3.8, 4) is 11.5 Å². The van der Waals surface area contributed by atoms with Crippen LogP contribution in [0.2, 0.25) is 0 Å². The quantitative estimate of drug-likeness (QED) is 0.790. The van der Waals surface area contributed by atoms with Crippen molar-refractivity contribution in [2.45, 2.75) is 20.4 Å². The Morgan fingerprint density at radius 1 is 0.905 bits per heavy atom. The lowest BCUT2D eigenvalue weighted by atomic mass is 10.1. The summed E-state index contributed by atoms with van der Waals surface area (Å²) in [7, 11) is 1.94. The summed E-state index contributed by atoms with van der Waals surface area (Å²) in [6.07, 6.45) is 0. The molecule has 0 saturated heterocycles. The molecular weight excluding hydrogens is 262 g/mol. The van der Waals surface area contributed by atoms with Gasteiger partial charge in [0.25, 0.3) is 0 Å². The third kappa shape index (κ3) is 4.80. The second kappa shape index (κ2) is 7.70. The Hall–Kier alpha value is -2.00. The second-order valence-corrected chi connectivity index (χ2v) is 5.14. The van der Waals surface area contributed by atoms with Crippen LogP contribution in [0.1, 0.15) is 16.7 Å². The summed E-state index contributed by atoms with van der Waals surface area (Å²) in [6, 6.07) is 14.3. The van der Waals surface area contributed by atoms with Gasteiger partial charge in [0.05, 0.1) is 0 Å². The molecule has 21 heavy (non-hydrogen) atoms. The molecule has 0 amide bonds. The van der Waals surface area contributed by atoms with Gasteiger partial charge in [-0.1, -0.05) is 29.8 Å². The molecule has 0 heterocycles. The largest absolute Gasteiger partial charge is 0.490 e. The van der Waals surface area contributed by atoms with Gasteiger partial charge in [-0.2, -0.15) is 0 Å². The van der Waals surface area contributed by atoms with Gasteiger partial charge in [0, 0.05) is 6.54 Å². The molecule has 2 aromatic rings. The van der Waals surface area contributed by atoms with Crippen LogP contribution in [0.5, 0.6) is 11.5 Å². The molecule has 3 nitrogen and oxygen atoms in total. The fraction of sp³-hybridized carbons (Fsp3) is 0.333. The van der Waals surface area contributed by atoms with Gasteiger partial charge in [0.1, 0.15) is 24.7 Å². The highest BCUT2D eigenvalue weighted by atomic mass is 16.5. The van der Waals surface area contributed by atoms with E-state index >= 15 is 0 Å². The van der Waals surface area contributed by atoms with Gasteiger partial charge in [-0.25, -0.2) is 0 Å². The molecule has 0 aliphatic carbocycles. The zero-order valence-electron chi connectivity index (χ0n) is 13.0. The lowest BCUT2D eigenvalue weighted by Crippen LogP contribution is -2.10. The first kappa shape index (κ1) is 15.4. The number of nitrogens with one attached hydrogen (secondary N) is 1. The maximum atomic E-state index is 5.74. The van der Waals surface area contributed by atoms with Crippen LogP contribution in [0.15, 0.2) is 42.5 Å². The van der Waals surface area contributed by atoms with Crippen molar-refractivity contribution in [1.29, 1.82) is 0 Å². The molecule has 3 heteroatoms. The number of aryl methyl sites for hydroxylation is 2. The standard InChI is InChI=1S/C18H23NO2/c1-14-4-9-18(15(2)12-14)21-11-10-20-17-7-5-16(6-8-17)13-19-3/h4-9,12,19H,10-11,13H2,1-3H3. The fourth-order valence-electron chi connectivity index (χ4n) is 2.18. The van der Waals surface area contributed by atoms with E-state index in [9.17, 15) is 0 Å². The highest BCUT2D eigenvalue weighted by Gasteiger charge is 2.00. The van der Waals surface area contributed by atoms with E-state index in [-0.39, 0.29) is 0 Å². The summed E-state index contributed by atoms with van der Waals surface area (Å²) in [6.45, 7) is 6.10. The van der Waals surface area contributed by atoms with Crippen LogP contribution in [0, 0.1) is 13.8 Å². The molecule has 0 spiro atoms. The molecule has 1 N–H and O–H groups in total. The topological polar surface area (TPSA) is 30.5 Å². The molecule has 0 atom stereocenters. The Balaban J connectivity index is 1.76. The van der Waals surface area contributed by atoms with E-state index in [1.807, 2.05) is 25.2 Å². The zero-order chi connectivity index (χ0) is 15.1. The first-order chi connectivity index (χ1) is 10.2. The van der Waals surface area contributed by atoms with Gasteiger partial charge in [-0.3, -0.25) is 0 Å². The first-order valence-electron chi connectivity index (χ1n) is 7.25. The lowest BCUT2D eigenvalue weighted by molar-refractivity contribution is 0.216. The SMILES string of the molecule is CNCc1ccc(OCCOc2ccc(C)cc2C)cc1. The van der Waals surface area contributed by atoms with Gasteiger partial charge in [-0.15, -0.1) is 0 Å². The molecule has 0 unspecified atom stereocenters. The zero-order valence-corrected chi connectivity index (χ0v) is 13.0. The van der Waals surface area contributed by atoms with Crippen molar-refractivity contribution >= 4 is 0 Å². The van der Waals surface area contributed by atoms with E-state index in [2.05, 4.69) is 43.4 Å². The Morgan fingerprint density at radius 3 is 2.29 bits per heavy atom. The first-order valence-corrected chi connectivity index (χ1v) is 7.25. The minimum atomic E-state index is 0.540. The molecule has 2 rings (SSSR count). The second-order valence-electron chi connectivity index (χ2n) is 5.14. The highest BCUT2D eigenvalue weighted by Crippen LogP contribution is 2.18. The van der Waals surface area contributed by atoms with Crippen molar-refractivity contribution in [2.75, 3.05) is 20.3 Å². The average molecular weight is 285 g/mol. The average Bonchev–Trinajstić information content (AvgIpc) is 2.47. The van der Waals surface area contributed by atoms with Gasteiger partial charge in [0.15, 0.2) is 0 Å². The van der Waals surface area contributed by atoms with E-state index in [4.69, 9.17) is 9.47 Å². The predicted octanol–water partition coefficient (Wildman–Crippen LogP) is 3.48. The smallest absolute Gasteiger partial charge is 0.122 e. The Kier molecular flexibility index (Phi) is 5.64. The molecule has 0 radical (unpaired) electrons. The summed E-state index contributed by atoms with van der Waals surface area (Å²) in [4.78, 5) is 0. The number of rotatable bonds is 7. The number of hydrogen-bond donors (Lipinski definition) is 1. The summed E-state index contributed by atoms with van der Waals surface area (Å²) in [5.41, 5.74) is 3.65. The minimum absolute atomic E-state index is 0.540. The molecule has 0 bridgehead atoms. The minimum Gasteiger partial charge on any atom is -0.490 e. The van der Waals surface area contributed by atoms with E-state index < -0.39 is 0 Å². The normalized spacial score (nSPS) is 10.4. The molecule has 0 aliphatic heterocycles. The Labute approximate surface area is 126 Å². The van der Waals surface area contributed by atoms with Crippen molar-refractivity contribution in [3.05, 3.63) is 59.2 Å². The maximum absolute atomic E-state index is 5.74. The van der Waals surface area contributed by atoms with Crippen LogP contribution in [-0.4, -0.2) is 20.3 Å². The summed E-state index contributed by atoms with van der Waals surface area (Å²) in [5.74, 6) is 1.80. The van der Waals surface area contributed by atoms with Crippen molar-refractivity contribution in [2.24, 2.45) is 0 Å². The number of benzene rings is 2. The summed E-state index contributed by atoms with van der Waals surface area (Å²) in [5, 5.41) is 3.12.